The molecule has 1 heterocycles. The zero-order valence-electron chi connectivity index (χ0n) is 28.7. The van der Waals surface area contributed by atoms with Gasteiger partial charge in [0.2, 0.25) is 11.6 Å². The standard InChI is InChI=1S/C35H50N4O9/c1-8-15-38-30-24-16-20(2)17-28(46-7)33(47-29(41)13-10-14-36)23(5)18-22(4)32(48-35(37)44)27(45-6)12-9-11-21(3)34(43)39-25(31(24)42)19-26(30)40/h8-9,11-12,18-20,23,27-28,32-33,38H,1,10,13-17,36H2,2-7H3,(H2,37,44)(H,39,43)/b12-9-,21-11+,22-18+/t20-,23-,27+,28-,32-,33-/m1/s1. The van der Waals surface area contributed by atoms with Crippen molar-refractivity contribution in [2.45, 2.75) is 77.8 Å². The van der Waals surface area contributed by atoms with Crippen molar-refractivity contribution >= 4 is 29.5 Å². The summed E-state index contributed by atoms with van der Waals surface area (Å²) in [6.45, 7) is 11.2. The number of Topliss-reactive ketones (excluding diaryl/α,β-unsaturated/α-hetero) is 1. The first-order valence-electron chi connectivity index (χ1n) is 15.9. The summed E-state index contributed by atoms with van der Waals surface area (Å²) < 4.78 is 23.0. The fourth-order valence-corrected chi connectivity index (χ4v) is 5.58. The van der Waals surface area contributed by atoms with Crippen LogP contribution in [-0.4, -0.2) is 81.3 Å². The lowest BCUT2D eigenvalue weighted by Crippen LogP contribution is -2.40. The maximum absolute atomic E-state index is 13.8. The Morgan fingerprint density at radius 1 is 1.12 bits per heavy atom. The van der Waals surface area contributed by atoms with Crippen LogP contribution in [0.4, 0.5) is 4.79 Å². The lowest BCUT2D eigenvalue weighted by molar-refractivity contribution is -0.160. The van der Waals surface area contributed by atoms with E-state index in [-0.39, 0.29) is 47.8 Å². The Balaban J connectivity index is 2.73. The van der Waals surface area contributed by atoms with Gasteiger partial charge in [-0.25, -0.2) is 4.79 Å². The Morgan fingerprint density at radius 2 is 1.83 bits per heavy atom. The number of allylic oxidation sites excluding steroid dienone is 4. The number of carbonyl (C=O) groups is 5. The molecule has 0 radical (unpaired) electrons. The normalized spacial score (nSPS) is 29.0. The summed E-state index contributed by atoms with van der Waals surface area (Å²) in [5.74, 6) is -2.75. The Morgan fingerprint density at radius 3 is 2.44 bits per heavy atom. The van der Waals surface area contributed by atoms with Crippen LogP contribution in [0.1, 0.15) is 53.4 Å². The molecule has 0 aromatic carbocycles. The molecule has 0 unspecified atom stereocenters. The number of esters is 1. The van der Waals surface area contributed by atoms with E-state index in [2.05, 4.69) is 17.2 Å². The van der Waals surface area contributed by atoms with Crippen molar-refractivity contribution in [3.63, 3.8) is 0 Å². The zero-order valence-corrected chi connectivity index (χ0v) is 28.7. The summed E-state index contributed by atoms with van der Waals surface area (Å²) in [5.41, 5.74) is 12.0. The van der Waals surface area contributed by atoms with Crippen LogP contribution in [0, 0.1) is 11.8 Å². The number of hydrogen-bond donors (Lipinski definition) is 4. The van der Waals surface area contributed by atoms with Crippen molar-refractivity contribution in [1.29, 1.82) is 0 Å². The number of ether oxygens (including phenoxy) is 4. The molecular formula is C35H50N4O9. The van der Waals surface area contributed by atoms with Gasteiger partial charge in [-0.15, -0.1) is 6.58 Å². The van der Waals surface area contributed by atoms with Crippen LogP contribution in [-0.2, 0) is 38.1 Å². The Hall–Kier alpha value is -4.33. The summed E-state index contributed by atoms with van der Waals surface area (Å²) in [6, 6.07) is 0. The molecule has 1 aliphatic heterocycles. The highest BCUT2D eigenvalue weighted by atomic mass is 16.6. The van der Waals surface area contributed by atoms with Crippen molar-refractivity contribution < 1.29 is 42.9 Å². The monoisotopic (exact) mass is 670 g/mol. The molecule has 2 bridgehead atoms. The van der Waals surface area contributed by atoms with Gasteiger partial charge in [0.25, 0.3) is 5.91 Å². The highest BCUT2D eigenvalue weighted by Gasteiger charge is 2.35. The van der Waals surface area contributed by atoms with Crippen molar-refractivity contribution in [2.24, 2.45) is 23.3 Å². The van der Waals surface area contributed by atoms with Crippen LogP contribution in [0.25, 0.3) is 0 Å². The number of carbonyl (C=O) groups excluding carboxylic acids is 5. The highest BCUT2D eigenvalue weighted by Crippen LogP contribution is 2.30. The van der Waals surface area contributed by atoms with Crippen LogP contribution in [0.3, 0.4) is 0 Å². The third-order valence-corrected chi connectivity index (χ3v) is 8.03. The fourth-order valence-electron chi connectivity index (χ4n) is 5.58. The van der Waals surface area contributed by atoms with Gasteiger partial charge in [-0.05, 0) is 51.1 Å². The van der Waals surface area contributed by atoms with E-state index in [1.54, 1.807) is 38.2 Å². The summed E-state index contributed by atoms with van der Waals surface area (Å²) in [7, 11) is 2.92. The molecule has 0 aromatic heterocycles. The number of fused-ring (bicyclic) bond motifs is 2. The number of ketones is 2. The van der Waals surface area contributed by atoms with Gasteiger partial charge in [-0.1, -0.05) is 44.2 Å². The first-order valence-corrected chi connectivity index (χ1v) is 15.9. The van der Waals surface area contributed by atoms with Crippen LogP contribution in [0.15, 0.2) is 71.1 Å². The lowest BCUT2D eigenvalue weighted by atomic mass is 9.85. The van der Waals surface area contributed by atoms with E-state index in [1.165, 1.54) is 20.3 Å². The number of methoxy groups -OCH3 is 2. The molecule has 1 aliphatic carbocycles. The second-order valence-electron chi connectivity index (χ2n) is 12.0. The largest absolute Gasteiger partial charge is 0.459 e. The van der Waals surface area contributed by atoms with Crippen LogP contribution < -0.4 is 22.1 Å². The number of primary amides is 1. The summed E-state index contributed by atoms with van der Waals surface area (Å²) in [6.07, 6.45) is 5.81. The summed E-state index contributed by atoms with van der Waals surface area (Å²) in [4.78, 5) is 64.9. The van der Waals surface area contributed by atoms with Crippen molar-refractivity contribution in [3.05, 3.63) is 71.1 Å². The molecule has 264 valence electrons. The minimum Gasteiger partial charge on any atom is -0.459 e. The highest BCUT2D eigenvalue weighted by molar-refractivity contribution is 6.23. The summed E-state index contributed by atoms with van der Waals surface area (Å²) in [5, 5.41) is 5.55. The van der Waals surface area contributed by atoms with Gasteiger partial charge in [-0.3, -0.25) is 19.2 Å². The molecule has 13 heteroatoms. The third-order valence-electron chi connectivity index (χ3n) is 8.03. The average molecular weight is 671 g/mol. The molecule has 0 saturated heterocycles. The average Bonchev–Trinajstić information content (AvgIpc) is 3.03. The zero-order chi connectivity index (χ0) is 36.0. The maximum Gasteiger partial charge on any atom is 0.405 e. The van der Waals surface area contributed by atoms with E-state index in [1.807, 2.05) is 13.8 Å². The first-order chi connectivity index (χ1) is 22.8. The van der Waals surface area contributed by atoms with E-state index in [9.17, 15) is 24.0 Å². The van der Waals surface area contributed by atoms with Crippen LogP contribution in [0.2, 0.25) is 0 Å². The topological polar surface area (TPSA) is 198 Å². The molecular weight excluding hydrogens is 620 g/mol. The van der Waals surface area contributed by atoms with Gasteiger partial charge in [-0.2, -0.15) is 0 Å². The fraction of sp³-hybridized carbons (Fsp3) is 0.514. The molecule has 0 aromatic rings. The molecule has 2 amide bonds. The SMILES string of the molecule is C=CCNC1=C2C[C@@H](C)C[C@@H](OC)[C@H](OC(=O)CCCN)[C@H](C)/C=C(\C)[C@@H](OC(N)=O)[C@@H](OC)/C=C\C=C(/C)C(=O)NC(=CC1=O)C2=O. The maximum atomic E-state index is 13.8. The number of nitrogens with one attached hydrogen (secondary N) is 2. The van der Waals surface area contributed by atoms with E-state index in [0.717, 1.165) is 6.08 Å². The number of amides is 2. The van der Waals surface area contributed by atoms with Gasteiger partial charge < -0.3 is 41.0 Å². The van der Waals surface area contributed by atoms with Crippen molar-refractivity contribution in [1.82, 2.24) is 10.6 Å². The van der Waals surface area contributed by atoms with E-state index < -0.39 is 59.9 Å². The quantitative estimate of drug-likeness (QED) is 0.151. The van der Waals surface area contributed by atoms with Gasteiger partial charge in [0.05, 0.1) is 17.5 Å². The van der Waals surface area contributed by atoms with Crippen LogP contribution in [0.5, 0.6) is 0 Å². The Labute approximate surface area is 282 Å². The van der Waals surface area contributed by atoms with Crippen molar-refractivity contribution in [2.75, 3.05) is 27.3 Å². The lowest BCUT2D eigenvalue weighted by Gasteiger charge is -2.32. The number of rotatable bonds is 10. The minimum atomic E-state index is -1.02. The second-order valence-corrected chi connectivity index (χ2v) is 12.0. The Bertz CT molecular complexity index is 1380. The van der Waals surface area contributed by atoms with Gasteiger partial charge in [0.15, 0.2) is 6.10 Å². The summed E-state index contributed by atoms with van der Waals surface area (Å²) >= 11 is 0. The Kier molecular flexibility index (Phi) is 16.2. The smallest absolute Gasteiger partial charge is 0.405 e. The van der Waals surface area contributed by atoms with E-state index in [0.29, 0.717) is 25.0 Å². The molecule has 0 spiro atoms. The van der Waals surface area contributed by atoms with E-state index >= 15 is 0 Å². The number of nitrogens with two attached hydrogens (primary N) is 2. The second kappa shape index (κ2) is 19.5. The third kappa shape index (κ3) is 11.4. The number of hydrogen-bond acceptors (Lipinski definition) is 11. The van der Waals surface area contributed by atoms with Gasteiger partial charge in [0, 0.05) is 50.3 Å². The predicted octanol–water partition coefficient (Wildman–Crippen LogP) is 2.83. The molecule has 6 atom stereocenters. The van der Waals surface area contributed by atoms with Crippen LogP contribution >= 0.6 is 0 Å². The predicted molar refractivity (Wildman–Crippen MR) is 180 cm³/mol. The minimum absolute atomic E-state index is 0.105. The van der Waals surface area contributed by atoms with Gasteiger partial charge in [0.1, 0.15) is 12.2 Å². The molecule has 0 fully saturated rings. The van der Waals surface area contributed by atoms with Gasteiger partial charge >= 0.3 is 12.1 Å². The molecule has 48 heavy (non-hydrogen) atoms. The molecule has 13 nitrogen and oxygen atoms in total. The van der Waals surface area contributed by atoms with Crippen molar-refractivity contribution in [3.8, 4) is 0 Å². The molecule has 2 rings (SSSR count). The molecule has 6 N–H and O–H groups in total. The molecule has 0 saturated carbocycles. The van der Waals surface area contributed by atoms with E-state index in [4.69, 9.17) is 30.4 Å². The molecule has 2 aliphatic rings. The first kappa shape index (κ1) is 39.8.